The van der Waals surface area contributed by atoms with E-state index in [9.17, 15) is 18.3 Å². The van der Waals surface area contributed by atoms with E-state index in [1.54, 1.807) is 26.0 Å². The van der Waals surface area contributed by atoms with Gasteiger partial charge in [0.05, 0.1) is 21.7 Å². The summed E-state index contributed by atoms with van der Waals surface area (Å²) in [6.07, 6.45) is 1.20. The normalized spacial score (nSPS) is 11.0. The Hall–Kier alpha value is -3.16. The fraction of sp³-hybridized carbons (Fsp3) is 0.211. The largest absolute Gasteiger partial charge is 0.481 e. The third-order valence-electron chi connectivity index (χ3n) is 4.01. The zero-order valence-corrected chi connectivity index (χ0v) is 17.2. The molecule has 3 rings (SSSR count). The lowest BCUT2D eigenvalue weighted by atomic mass is 10.1. The van der Waals surface area contributed by atoms with E-state index in [-0.39, 0.29) is 22.8 Å². The lowest BCUT2D eigenvalue weighted by Gasteiger charge is -2.12. The van der Waals surface area contributed by atoms with Gasteiger partial charge in [-0.05, 0) is 49.6 Å². The first-order chi connectivity index (χ1) is 13.8. The third kappa shape index (κ3) is 4.47. The Morgan fingerprint density at radius 1 is 1.31 bits per heavy atom. The van der Waals surface area contributed by atoms with Crippen molar-refractivity contribution in [1.82, 2.24) is 9.36 Å². The predicted octanol–water partition coefficient (Wildman–Crippen LogP) is 2.94. The van der Waals surface area contributed by atoms with E-state index in [4.69, 9.17) is 4.74 Å². The number of carboxylic acid groups (broad SMARTS) is 1. The number of nitrogens with one attached hydrogen (secondary N) is 1. The Kier molecular flexibility index (Phi) is 6.00. The Morgan fingerprint density at radius 3 is 2.69 bits per heavy atom. The van der Waals surface area contributed by atoms with Crippen molar-refractivity contribution >= 4 is 43.2 Å². The summed E-state index contributed by atoms with van der Waals surface area (Å²) >= 11 is 1.12. The number of carbonyl (C=O) groups is 1. The number of sulfone groups is 1. The number of rotatable bonds is 7. The molecule has 10 heteroatoms. The molecule has 0 amide bonds. The van der Waals surface area contributed by atoms with Crippen LogP contribution in [0.3, 0.4) is 0 Å². The summed E-state index contributed by atoms with van der Waals surface area (Å²) in [7, 11) is -3.73. The molecule has 2 aromatic heterocycles. The maximum absolute atomic E-state index is 12.7. The average molecular weight is 431 g/mol. The summed E-state index contributed by atoms with van der Waals surface area (Å²) in [6, 6.07) is 5.96. The van der Waals surface area contributed by atoms with Gasteiger partial charge in [0.1, 0.15) is 28.6 Å². The number of fused-ring (bicyclic) bond motifs is 1. The van der Waals surface area contributed by atoms with Crippen LogP contribution in [0, 0.1) is 18.8 Å². The quantitative estimate of drug-likeness (QED) is 0.548. The van der Waals surface area contributed by atoms with Gasteiger partial charge in [0.15, 0.2) is 9.84 Å². The molecule has 0 atom stereocenters. The highest BCUT2D eigenvalue weighted by atomic mass is 32.2. The molecule has 0 saturated carbocycles. The minimum absolute atomic E-state index is 0.0845. The maximum Gasteiger partial charge on any atom is 0.339 e. The number of benzene rings is 1. The van der Waals surface area contributed by atoms with Gasteiger partial charge < -0.3 is 15.2 Å². The van der Waals surface area contributed by atoms with Crippen molar-refractivity contribution in [3.63, 3.8) is 0 Å². The van der Waals surface area contributed by atoms with Crippen molar-refractivity contribution in [3.8, 4) is 17.6 Å². The smallest absolute Gasteiger partial charge is 0.339 e. The Bertz CT molecular complexity index is 1220. The SMILES string of the molecule is CC#CCOc1ccc(S(=O)(=O)CNc2c(C(=O)O)cnc3snc(C)c23)cc1. The summed E-state index contributed by atoms with van der Waals surface area (Å²) in [5.41, 5.74) is 0.657. The van der Waals surface area contributed by atoms with Crippen molar-refractivity contribution in [3.05, 3.63) is 41.7 Å². The number of nitrogens with zero attached hydrogens (tertiary/aromatic N) is 2. The van der Waals surface area contributed by atoms with Crippen LogP contribution >= 0.6 is 11.5 Å². The minimum Gasteiger partial charge on any atom is -0.481 e. The van der Waals surface area contributed by atoms with Crippen LogP contribution in [0.4, 0.5) is 5.69 Å². The molecular formula is C19H17N3O5S2. The molecule has 1 aromatic carbocycles. The molecule has 29 heavy (non-hydrogen) atoms. The number of carboxylic acids is 1. The lowest BCUT2D eigenvalue weighted by molar-refractivity contribution is 0.0697. The predicted molar refractivity (Wildman–Crippen MR) is 110 cm³/mol. The molecule has 3 aromatic rings. The van der Waals surface area contributed by atoms with Crippen molar-refractivity contribution in [2.75, 3.05) is 17.8 Å². The van der Waals surface area contributed by atoms with Gasteiger partial charge in [-0.25, -0.2) is 18.2 Å². The van der Waals surface area contributed by atoms with Crippen LogP contribution in [0.5, 0.6) is 5.75 Å². The Labute approximate surface area is 171 Å². The first kappa shape index (κ1) is 20.6. The molecule has 2 N–H and O–H groups in total. The van der Waals surface area contributed by atoms with Crippen molar-refractivity contribution in [2.45, 2.75) is 18.7 Å². The minimum atomic E-state index is -3.73. The molecule has 0 radical (unpaired) electrons. The molecule has 0 aliphatic rings. The van der Waals surface area contributed by atoms with Gasteiger partial charge in [0, 0.05) is 6.20 Å². The number of hydrogen-bond donors (Lipinski definition) is 2. The van der Waals surface area contributed by atoms with Crippen LogP contribution in [-0.4, -0.2) is 41.3 Å². The van der Waals surface area contributed by atoms with E-state index in [0.717, 1.165) is 11.5 Å². The summed E-state index contributed by atoms with van der Waals surface area (Å²) < 4.78 is 35.0. The second kappa shape index (κ2) is 8.46. The standard InChI is InChI=1S/C19H17N3O5S2/c1-3-4-9-27-13-5-7-14(8-6-13)29(25,26)11-21-17-15(19(23)24)10-20-18-16(17)12(2)22-28-18/h5-8,10H,9,11H2,1-2H3,(H,20,21)(H,23,24). The van der Waals surface area contributed by atoms with Gasteiger partial charge in [-0.1, -0.05) is 5.92 Å². The van der Waals surface area contributed by atoms with Crippen molar-refractivity contribution < 1.29 is 23.1 Å². The number of aryl methyl sites for hydroxylation is 1. The number of aromatic carboxylic acids is 1. The molecule has 150 valence electrons. The van der Waals surface area contributed by atoms with Crippen LogP contribution in [0.25, 0.3) is 10.2 Å². The maximum atomic E-state index is 12.7. The zero-order chi connectivity index (χ0) is 21.0. The first-order valence-electron chi connectivity index (χ1n) is 8.41. The second-order valence-corrected chi connectivity index (χ2v) is 8.66. The lowest BCUT2D eigenvalue weighted by Crippen LogP contribution is -2.17. The van der Waals surface area contributed by atoms with Gasteiger partial charge in [-0.2, -0.15) is 4.37 Å². The number of anilines is 1. The van der Waals surface area contributed by atoms with E-state index in [1.165, 1.54) is 18.3 Å². The molecule has 2 heterocycles. The topological polar surface area (TPSA) is 118 Å². The molecule has 0 spiro atoms. The van der Waals surface area contributed by atoms with Gasteiger partial charge in [-0.3, -0.25) is 0 Å². The molecule has 0 aliphatic carbocycles. The molecule has 0 bridgehead atoms. The fourth-order valence-electron chi connectivity index (χ4n) is 2.59. The monoisotopic (exact) mass is 431 g/mol. The van der Waals surface area contributed by atoms with Crippen LogP contribution in [0.2, 0.25) is 0 Å². The molecule has 0 fully saturated rings. The summed E-state index contributed by atoms with van der Waals surface area (Å²) in [5.74, 6) is 4.27. The zero-order valence-electron chi connectivity index (χ0n) is 15.6. The Morgan fingerprint density at radius 2 is 2.03 bits per heavy atom. The van der Waals surface area contributed by atoms with Crippen LogP contribution in [0.1, 0.15) is 23.0 Å². The van der Waals surface area contributed by atoms with Gasteiger partial charge in [0.2, 0.25) is 0 Å². The van der Waals surface area contributed by atoms with Gasteiger partial charge in [-0.15, -0.1) is 5.92 Å². The first-order valence-corrected chi connectivity index (χ1v) is 10.8. The highest BCUT2D eigenvalue weighted by Crippen LogP contribution is 2.31. The van der Waals surface area contributed by atoms with Crippen LogP contribution in [0.15, 0.2) is 35.4 Å². The van der Waals surface area contributed by atoms with E-state index >= 15 is 0 Å². The number of aromatic nitrogens is 2. The van der Waals surface area contributed by atoms with Crippen LogP contribution in [-0.2, 0) is 9.84 Å². The van der Waals surface area contributed by atoms with E-state index < -0.39 is 21.7 Å². The Balaban J connectivity index is 1.85. The summed E-state index contributed by atoms with van der Waals surface area (Å²) in [4.78, 5) is 16.3. The van der Waals surface area contributed by atoms with E-state index in [2.05, 4.69) is 26.5 Å². The van der Waals surface area contributed by atoms with Crippen LogP contribution < -0.4 is 10.1 Å². The highest BCUT2D eigenvalue weighted by Gasteiger charge is 2.21. The summed E-state index contributed by atoms with van der Waals surface area (Å²) in [6.45, 7) is 3.63. The number of pyridine rings is 1. The van der Waals surface area contributed by atoms with Gasteiger partial charge >= 0.3 is 5.97 Å². The highest BCUT2D eigenvalue weighted by molar-refractivity contribution is 7.91. The third-order valence-corrected chi connectivity index (χ3v) is 6.38. The van der Waals surface area contributed by atoms with Crippen molar-refractivity contribution in [2.24, 2.45) is 0 Å². The molecule has 0 saturated heterocycles. The van der Waals surface area contributed by atoms with Crippen molar-refractivity contribution in [1.29, 1.82) is 0 Å². The van der Waals surface area contributed by atoms with E-state index in [1.807, 2.05) is 0 Å². The van der Waals surface area contributed by atoms with E-state index in [0.29, 0.717) is 21.7 Å². The molecule has 0 unspecified atom stereocenters. The molecule has 8 nitrogen and oxygen atoms in total. The summed E-state index contributed by atoms with van der Waals surface area (Å²) in [5, 5.41) is 12.7. The second-order valence-electron chi connectivity index (χ2n) is 5.92. The number of ether oxygens (including phenoxy) is 1. The molecular weight excluding hydrogens is 414 g/mol. The fourth-order valence-corrected chi connectivity index (χ4v) is 4.39. The molecule has 0 aliphatic heterocycles. The average Bonchev–Trinajstić information content (AvgIpc) is 3.08. The van der Waals surface area contributed by atoms with Gasteiger partial charge in [0.25, 0.3) is 0 Å². The number of hydrogen-bond acceptors (Lipinski definition) is 8.